The molecule has 0 aliphatic heterocycles. The van der Waals surface area contributed by atoms with Gasteiger partial charge in [0.25, 0.3) is 5.56 Å². The van der Waals surface area contributed by atoms with Crippen molar-refractivity contribution in [1.82, 2.24) is 15.3 Å². The van der Waals surface area contributed by atoms with Gasteiger partial charge in [0.2, 0.25) is 5.91 Å². The Morgan fingerprint density at radius 3 is 2.73 bits per heavy atom. The van der Waals surface area contributed by atoms with E-state index in [1.165, 1.54) is 0 Å². The number of nitrogens with zero attached hydrogens (tertiary/aromatic N) is 1. The molecule has 0 fully saturated rings. The lowest BCUT2D eigenvalue weighted by atomic mass is 10.1. The van der Waals surface area contributed by atoms with Crippen LogP contribution in [0, 0.1) is 0 Å². The van der Waals surface area contributed by atoms with Gasteiger partial charge in [-0.05, 0) is 37.1 Å². The molecule has 134 valence electrons. The zero-order chi connectivity index (χ0) is 18.5. The van der Waals surface area contributed by atoms with E-state index < -0.39 is 0 Å². The Balaban J connectivity index is 1.57. The number of rotatable bonds is 6. The van der Waals surface area contributed by atoms with Crippen molar-refractivity contribution in [2.24, 2.45) is 0 Å². The molecule has 0 spiro atoms. The second kappa shape index (κ2) is 8.15. The smallest absolute Gasteiger partial charge is 0.258 e. The highest BCUT2D eigenvalue weighted by atomic mass is 35.5. The van der Waals surface area contributed by atoms with Gasteiger partial charge < -0.3 is 10.3 Å². The number of nitrogens with one attached hydrogen (secondary N) is 2. The average Bonchev–Trinajstić information content (AvgIpc) is 2.62. The van der Waals surface area contributed by atoms with Crippen molar-refractivity contribution >= 4 is 28.4 Å². The number of aryl methyl sites for hydroxylation is 1. The molecule has 0 aliphatic rings. The van der Waals surface area contributed by atoms with Gasteiger partial charge in [-0.1, -0.05) is 41.9 Å². The molecule has 0 aliphatic carbocycles. The summed E-state index contributed by atoms with van der Waals surface area (Å²) in [6, 6.07) is 14.7. The Morgan fingerprint density at radius 2 is 1.92 bits per heavy atom. The molecular weight excluding hydrogens is 350 g/mol. The monoisotopic (exact) mass is 369 g/mol. The van der Waals surface area contributed by atoms with Crippen LogP contribution in [0.5, 0.6) is 0 Å². The zero-order valence-electron chi connectivity index (χ0n) is 14.5. The van der Waals surface area contributed by atoms with Crippen molar-refractivity contribution in [3.05, 3.63) is 75.3 Å². The van der Waals surface area contributed by atoms with Gasteiger partial charge in [0.1, 0.15) is 5.82 Å². The Hall–Kier alpha value is -2.66. The fraction of sp³-hybridized carbons (Fsp3) is 0.250. The fourth-order valence-electron chi connectivity index (χ4n) is 2.88. The van der Waals surface area contributed by atoms with Gasteiger partial charge in [-0.2, -0.15) is 0 Å². The minimum atomic E-state index is -0.182. The van der Waals surface area contributed by atoms with Crippen LogP contribution in [0.2, 0.25) is 5.02 Å². The number of fused-ring (bicyclic) bond motifs is 1. The molecule has 1 amide bonds. The Bertz CT molecular complexity index is 984. The first-order valence-electron chi connectivity index (χ1n) is 8.53. The summed E-state index contributed by atoms with van der Waals surface area (Å²) in [5.41, 5.74) is 1.46. The molecule has 1 atom stereocenters. The molecular formula is C20H20ClN3O2. The number of halogens is 1. The first kappa shape index (κ1) is 18.1. The second-order valence-electron chi connectivity index (χ2n) is 6.29. The molecule has 0 saturated heterocycles. The molecule has 6 heteroatoms. The van der Waals surface area contributed by atoms with Crippen LogP contribution in [0.25, 0.3) is 10.9 Å². The number of hydrogen-bond acceptors (Lipinski definition) is 3. The lowest BCUT2D eigenvalue weighted by Crippen LogP contribution is -2.34. The SMILES string of the molecule is CC(Cc1ccccc1Cl)NC(=O)CCc1nc2ccccc2c(=O)[nH]1. The van der Waals surface area contributed by atoms with Crippen LogP contribution in [0.3, 0.4) is 0 Å². The van der Waals surface area contributed by atoms with E-state index >= 15 is 0 Å². The lowest BCUT2D eigenvalue weighted by molar-refractivity contribution is -0.121. The maximum atomic E-state index is 12.2. The highest BCUT2D eigenvalue weighted by molar-refractivity contribution is 6.31. The predicted molar refractivity (Wildman–Crippen MR) is 103 cm³/mol. The average molecular weight is 370 g/mol. The van der Waals surface area contributed by atoms with E-state index in [0.29, 0.717) is 34.6 Å². The summed E-state index contributed by atoms with van der Waals surface area (Å²) in [7, 11) is 0. The van der Waals surface area contributed by atoms with E-state index in [4.69, 9.17) is 11.6 Å². The van der Waals surface area contributed by atoms with E-state index in [-0.39, 0.29) is 23.9 Å². The van der Waals surface area contributed by atoms with Crippen LogP contribution in [0.4, 0.5) is 0 Å². The van der Waals surface area contributed by atoms with Gasteiger partial charge in [-0.15, -0.1) is 0 Å². The molecule has 1 heterocycles. The lowest BCUT2D eigenvalue weighted by Gasteiger charge is -2.14. The van der Waals surface area contributed by atoms with E-state index in [0.717, 1.165) is 5.56 Å². The van der Waals surface area contributed by atoms with Crippen LogP contribution in [0.1, 0.15) is 24.7 Å². The topological polar surface area (TPSA) is 74.8 Å². The van der Waals surface area contributed by atoms with Crippen LogP contribution in [-0.4, -0.2) is 21.9 Å². The third-order valence-corrected chi connectivity index (χ3v) is 4.51. The molecule has 2 N–H and O–H groups in total. The number of carbonyl (C=O) groups excluding carboxylic acids is 1. The van der Waals surface area contributed by atoms with Gasteiger partial charge in [-0.3, -0.25) is 9.59 Å². The summed E-state index contributed by atoms with van der Waals surface area (Å²) in [4.78, 5) is 31.4. The number of carbonyl (C=O) groups is 1. The van der Waals surface area contributed by atoms with E-state index in [9.17, 15) is 9.59 Å². The van der Waals surface area contributed by atoms with Gasteiger partial charge in [0, 0.05) is 23.9 Å². The molecule has 26 heavy (non-hydrogen) atoms. The summed E-state index contributed by atoms with van der Waals surface area (Å²) < 4.78 is 0. The minimum absolute atomic E-state index is 0.0361. The highest BCUT2D eigenvalue weighted by Gasteiger charge is 2.11. The van der Waals surface area contributed by atoms with Crippen LogP contribution < -0.4 is 10.9 Å². The number of hydrogen-bond donors (Lipinski definition) is 2. The fourth-order valence-corrected chi connectivity index (χ4v) is 3.09. The standard InChI is InChI=1S/C20H20ClN3O2/c1-13(12-14-6-2-4-8-16(14)21)22-19(25)11-10-18-23-17-9-5-3-7-15(17)20(26)24-18/h2-9,13H,10-12H2,1H3,(H,22,25)(H,23,24,26). The second-order valence-corrected chi connectivity index (χ2v) is 6.70. The zero-order valence-corrected chi connectivity index (χ0v) is 15.2. The summed E-state index contributed by atoms with van der Waals surface area (Å²) in [5, 5.41) is 4.21. The van der Waals surface area contributed by atoms with Crippen molar-refractivity contribution < 1.29 is 4.79 Å². The normalized spacial score (nSPS) is 12.1. The molecule has 3 rings (SSSR count). The number of amides is 1. The van der Waals surface area contributed by atoms with E-state index in [2.05, 4.69) is 15.3 Å². The summed E-state index contributed by atoms with van der Waals surface area (Å²) in [6.45, 7) is 1.94. The summed E-state index contributed by atoms with van der Waals surface area (Å²) in [5.74, 6) is 0.433. The molecule has 1 unspecified atom stereocenters. The van der Waals surface area contributed by atoms with Crippen molar-refractivity contribution in [2.75, 3.05) is 0 Å². The number of H-pyrrole nitrogens is 1. The first-order valence-corrected chi connectivity index (χ1v) is 8.91. The van der Waals surface area contributed by atoms with Gasteiger partial charge >= 0.3 is 0 Å². The van der Waals surface area contributed by atoms with Crippen molar-refractivity contribution in [2.45, 2.75) is 32.2 Å². The maximum absolute atomic E-state index is 12.2. The van der Waals surface area contributed by atoms with Crippen molar-refractivity contribution in [3.8, 4) is 0 Å². The van der Waals surface area contributed by atoms with Crippen LogP contribution in [0.15, 0.2) is 53.3 Å². The Kier molecular flexibility index (Phi) is 5.68. The summed E-state index contributed by atoms with van der Waals surface area (Å²) in [6.07, 6.45) is 1.30. The maximum Gasteiger partial charge on any atom is 0.258 e. The Labute approximate surface area is 156 Å². The summed E-state index contributed by atoms with van der Waals surface area (Å²) >= 11 is 6.15. The first-order chi connectivity index (χ1) is 12.5. The predicted octanol–water partition coefficient (Wildman–Crippen LogP) is 3.26. The third-order valence-electron chi connectivity index (χ3n) is 4.14. The van der Waals surface area contributed by atoms with Gasteiger partial charge in [-0.25, -0.2) is 4.98 Å². The molecule has 0 saturated carbocycles. The molecule has 3 aromatic rings. The molecule has 0 radical (unpaired) electrons. The highest BCUT2D eigenvalue weighted by Crippen LogP contribution is 2.16. The van der Waals surface area contributed by atoms with Crippen molar-refractivity contribution in [3.63, 3.8) is 0 Å². The number of aromatic amines is 1. The van der Waals surface area contributed by atoms with E-state index in [1.807, 2.05) is 37.3 Å². The van der Waals surface area contributed by atoms with Gasteiger partial charge in [0.05, 0.1) is 10.9 Å². The van der Waals surface area contributed by atoms with Gasteiger partial charge in [0.15, 0.2) is 0 Å². The third kappa shape index (κ3) is 4.49. The molecule has 5 nitrogen and oxygen atoms in total. The molecule has 0 bridgehead atoms. The quantitative estimate of drug-likeness (QED) is 0.700. The van der Waals surface area contributed by atoms with Crippen LogP contribution in [-0.2, 0) is 17.6 Å². The van der Waals surface area contributed by atoms with Crippen LogP contribution >= 0.6 is 11.6 Å². The van der Waals surface area contributed by atoms with Crippen molar-refractivity contribution in [1.29, 1.82) is 0 Å². The van der Waals surface area contributed by atoms with E-state index in [1.54, 1.807) is 18.2 Å². The molecule has 2 aromatic carbocycles. The largest absolute Gasteiger partial charge is 0.353 e. The number of benzene rings is 2. The molecule has 1 aromatic heterocycles. The Morgan fingerprint density at radius 1 is 1.19 bits per heavy atom. The number of aromatic nitrogens is 2. The minimum Gasteiger partial charge on any atom is -0.353 e. The number of para-hydroxylation sites is 1.